The topological polar surface area (TPSA) is 17.1 Å². The molecule has 0 amide bonds. The average molecular weight is 284 g/mol. The average Bonchev–Trinajstić information content (AvgIpc) is 2.48. The van der Waals surface area contributed by atoms with Crippen LogP contribution in [0.3, 0.4) is 0 Å². The molecule has 1 heteroatoms. The van der Waals surface area contributed by atoms with E-state index in [-0.39, 0.29) is 5.41 Å². The predicted molar refractivity (Wildman–Crippen MR) is 94.6 cm³/mol. The Labute approximate surface area is 130 Å². The third-order valence-electron chi connectivity index (χ3n) is 3.22. The zero-order chi connectivity index (χ0) is 16.5. The summed E-state index contributed by atoms with van der Waals surface area (Å²) in [5.41, 5.74) is 4.05. The van der Waals surface area contributed by atoms with Crippen LogP contribution in [0.2, 0.25) is 0 Å². The number of allylic oxidation sites excluding steroid dienone is 5. The summed E-state index contributed by atoms with van der Waals surface area (Å²) in [7, 11) is 0. The van der Waals surface area contributed by atoms with Gasteiger partial charge in [-0.2, -0.15) is 0 Å². The molecule has 0 N–H and O–H groups in total. The summed E-state index contributed by atoms with van der Waals surface area (Å²) in [5.74, 6) is 0. The van der Waals surface area contributed by atoms with Gasteiger partial charge in [0.25, 0.3) is 0 Å². The molecule has 0 aliphatic heterocycles. The molecule has 0 radical (unpaired) electrons. The standard InChI is InChI=1S/C18H22O.C2H6/c1-14(8-6-9-15(2)18(3,4)5)17-11-7-10-16(12-17)13-19;1-2/h6-13H,1H2,2-5H3;1-2H3/b8-6-,15-9+;. The van der Waals surface area contributed by atoms with E-state index in [1.807, 2.05) is 44.2 Å². The Morgan fingerprint density at radius 2 is 1.81 bits per heavy atom. The summed E-state index contributed by atoms with van der Waals surface area (Å²) in [6.07, 6.45) is 6.94. The summed E-state index contributed by atoms with van der Waals surface area (Å²) in [6.45, 7) is 16.7. The molecule has 0 bridgehead atoms. The third-order valence-corrected chi connectivity index (χ3v) is 3.22. The van der Waals surface area contributed by atoms with Gasteiger partial charge in [-0.15, -0.1) is 0 Å². The molecule has 0 aliphatic rings. The maximum Gasteiger partial charge on any atom is 0.150 e. The minimum Gasteiger partial charge on any atom is -0.298 e. The normalized spacial score (nSPS) is 11.8. The van der Waals surface area contributed by atoms with Crippen LogP contribution in [0.15, 0.2) is 54.6 Å². The minimum absolute atomic E-state index is 0.184. The van der Waals surface area contributed by atoms with E-state index < -0.39 is 0 Å². The van der Waals surface area contributed by atoms with Crippen molar-refractivity contribution < 1.29 is 4.79 Å². The fraction of sp³-hybridized carbons (Fsp3) is 0.350. The van der Waals surface area contributed by atoms with E-state index >= 15 is 0 Å². The van der Waals surface area contributed by atoms with Crippen molar-refractivity contribution >= 4 is 11.9 Å². The molecule has 21 heavy (non-hydrogen) atoms. The summed E-state index contributed by atoms with van der Waals surface area (Å²) < 4.78 is 0. The van der Waals surface area contributed by atoms with E-state index in [0.29, 0.717) is 5.56 Å². The lowest BCUT2D eigenvalue weighted by Gasteiger charge is -2.18. The fourth-order valence-electron chi connectivity index (χ4n) is 1.47. The number of aldehydes is 1. The van der Waals surface area contributed by atoms with E-state index in [0.717, 1.165) is 17.4 Å². The van der Waals surface area contributed by atoms with Gasteiger partial charge < -0.3 is 0 Å². The van der Waals surface area contributed by atoms with E-state index in [9.17, 15) is 4.79 Å². The highest BCUT2D eigenvalue weighted by molar-refractivity contribution is 5.80. The lowest BCUT2D eigenvalue weighted by molar-refractivity contribution is 0.112. The van der Waals surface area contributed by atoms with Crippen molar-refractivity contribution in [2.45, 2.75) is 41.5 Å². The number of rotatable bonds is 4. The van der Waals surface area contributed by atoms with Crippen molar-refractivity contribution in [2.75, 3.05) is 0 Å². The van der Waals surface area contributed by atoms with Crippen molar-refractivity contribution in [1.29, 1.82) is 0 Å². The first kappa shape index (κ1) is 19.1. The molecule has 0 heterocycles. The first-order valence-electron chi connectivity index (χ1n) is 7.44. The molecule has 1 nitrogen and oxygen atoms in total. The Morgan fingerprint density at radius 3 is 2.33 bits per heavy atom. The van der Waals surface area contributed by atoms with Crippen LogP contribution in [0.1, 0.15) is 57.5 Å². The van der Waals surface area contributed by atoms with Crippen LogP contribution in [0.25, 0.3) is 5.57 Å². The zero-order valence-electron chi connectivity index (χ0n) is 14.2. The molecule has 0 saturated heterocycles. The molecular weight excluding hydrogens is 256 g/mol. The Morgan fingerprint density at radius 1 is 1.19 bits per heavy atom. The fourth-order valence-corrected chi connectivity index (χ4v) is 1.47. The maximum atomic E-state index is 10.7. The second kappa shape index (κ2) is 9.12. The van der Waals surface area contributed by atoms with Gasteiger partial charge in [-0.25, -0.2) is 0 Å². The lowest BCUT2D eigenvalue weighted by Crippen LogP contribution is -2.05. The molecule has 1 aromatic carbocycles. The Kier molecular flexibility index (Phi) is 8.30. The van der Waals surface area contributed by atoms with Crippen molar-refractivity contribution in [3.63, 3.8) is 0 Å². The molecule has 0 spiro atoms. The number of benzene rings is 1. The molecule has 0 atom stereocenters. The van der Waals surface area contributed by atoms with Gasteiger partial charge >= 0.3 is 0 Å². The van der Waals surface area contributed by atoms with Gasteiger partial charge in [-0.05, 0) is 29.5 Å². The monoisotopic (exact) mass is 284 g/mol. The highest BCUT2D eigenvalue weighted by atomic mass is 16.1. The van der Waals surface area contributed by atoms with Crippen molar-refractivity contribution in [3.05, 3.63) is 65.8 Å². The van der Waals surface area contributed by atoms with Crippen molar-refractivity contribution in [2.24, 2.45) is 5.41 Å². The Bertz CT molecular complexity index is 525. The van der Waals surface area contributed by atoms with Crippen LogP contribution < -0.4 is 0 Å². The summed E-state index contributed by atoms with van der Waals surface area (Å²) in [5, 5.41) is 0. The first-order chi connectivity index (χ1) is 9.84. The summed E-state index contributed by atoms with van der Waals surface area (Å²) in [6, 6.07) is 7.46. The van der Waals surface area contributed by atoms with E-state index in [2.05, 4.69) is 40.3 Å². The number of carbonyl (C=O) groups excluding carboxylic acids is 1. The molecule has 1 aromatic rings. The van der Waals surface area contributed by atoms with Crippen LogP contribution in [-0.4, -0.2) is 6.29 Å². The van der Waals surface area contributed by atoms with Crippen LogP contribution in [0.4, 0.5) is 0 Å². The first-order valence-corrected chi connectivity index (χ1v) is 7.44. The quantitative estimate of drug-likeness (QED) is 0.483. The van der Waals surface area contributed by atoms with Crippen LogP contribution in [0.5, 0.6) is 0 Å². The molecule has 0 unspecified atom stereocenters. The van der Waals surface area contributed by atoms with Gasteiger partial charge in [0.2, 0.25) is 0 Å². The predicted octanol–water partition coefficient (Wildman–Crippen LogP) is 6.09. The van der Waals surface area contributed by atoms with E-state index in [1.54, 1.807) is 6.07 Å². The van der Waals surface area contributed by atoms with Gasteiger partial charge in [0.05, 0.1) is 0 Å². The molecule has 1 rings (SSSR count). The summed E-state index contributed by atoms with van der Waals surface area (Å²) in [4.78, 5) is 10.7. The number of hydrogen-bond donors (Lipinski definition) is 0. The molecule has 0 aromatic heterocycles. The molecule has 114 valence electrons. The number of carbonyl (C=O) groups is 1. The van der Waals surface area contributed by atoms with Gasteiger partial charge in [-0.3, -0.25) is 4.79 Å². The lowest BCUT2D eigenvalue weighted by atomic mass is 9.87. The smallest absolute Gasteiger partial charge is 0.150 e. The van der Waals surface area contributed by atoms with Crippen molar-refractivity contribution in [3.8, 4) is 0 Å². The second-order valence-electron chi connectivity index (χ2n) is 5.73. The summed E-state index contributed by atoms with van der Waals surface area (Å²) >= 11 is 0. The molecule has 0 aliphatic carbocycles. The van der Waals surface area contributed by atoms with Crippen LogP contribution in [0, 0.1) is 5.41 Å². The number of hydrogen-bond acceptors (Lipinski definition) is 1. The molecule has 0 saturated carbocycles. The molecule has 0 fully saturated rings. The second-order valence-corrected chi connectivity index (χ2v) is 5.73. The maximum absolute atomic E-state index is 10.7. The highest BCUT2D eigenvalue weighted by Gasteiger charge is 2.10. The van der Waals surface area contributed by atoms with Gasteiger partial charge in [0, 0.05) is 5.56 Å². The Balaban J connectivity index is 0.00000191. The highest BCUT2D eigenvalue weighted by Crippen LogP contribution is 2.24. The Hall–Kier alpha value is -1.89. The van der Waals surface area contributed by atoms with Crippen LogP contribution >= 0.6 is 0 Å². The molecular formula is C20H28O. The van der Waals surface area contributed by atoms with Crippen molar-refractivity contribution in [1.82, 2.24) is 0 Å². The SMILES string of the molecule is C=C(/C=C\C=C(/C)C(C)(C)C)c1cccc(C=O)c1.CC. The zero-order valence-corrected chi connectivity index (χ0v) is 14.2. The minimum atomic E-state index is 0.184. The van der Waals surface area contributed by atoms with E-state index in [4.69, 9.17) is 0 Å². The van der Waals surface area contributed by atoms with Crippen LogP contribution in [-0.2, 0) is 0 Å². The van der Waals surface area contributed by atoms with Gasteiger partial charge in [-0.1, -0.05) is 83.2 Å². The van der Waals surface area contributed by atoms with Gasteiger partial charge in [0.15, 0.2) is 0 Å². The van der Waals surface area contributed by atoms with E-state index in [1.165, 1.54) is 5.57 Å². The van der Waals surface area contributed by atoms with Gasteiger partial charge in [0.1, 0.15) is 6.29 Å². The largest absolute Gasteiger partial charge is 0.298 e. The third kappa shape index (κ3) is 6.89.